The normalized spacial score (nSPS) is 14.8. The van der Waals surface area contributed by atoms with Crippen molar-refractivity contribution in [2.75, 3.05) is 36.4 Å². The van der Waals surface area contributed by atoms with E-state index in [1.54, 1.807) is 30.6 Å². The lowest BCUT2D eigenvalue weighted by atomic mass is 10.2. The van der Waals surface area contributed by atoms with E-state index >= 15 is 0 Å². The highest BCUT2D eigenvalue weighted by Crippen LogP contribution is 2.17. The van der Waals surface area contributed by atoms with Crippen LogP contribution in [0.5, 0.6) is 0 Å². The summed E-state index contributed by atoms with van der Waals surface area (Å²) in [5.41, 5.74) is 1.59. The van der Waals surface area contributed by atoms with Gasteiger partial charge in [0.2, 0.25) is 0 Å². The van der Waals surface area contributed by atoms with Gasteiger partial charge in [0.05, 0.1) is 5.69 Å². The molecule has 6 heteroatoms. The van der Waals surface area contributed by atoms with Crippen LogP contribution in [-0.2, 0) is 0 Å². The molecule has 22 heavy (non-hydrogen) atoms. The molecule has 0 bridgehead atoms. The zero-order chi connectivity index (χ0) is 15.4. The van der Waals surface area contributed by atoms with E-state index in [-0.39, 0.29) is 5.82 Å². The van der Waals surface area contributed by atoms with Crippen LogP contribution in [0.1, 0.15) is 0 Å². The van der Waals surface area contributed by atoms with Gasteiger partial charge in [-0.2, -0.15) is 0 Å². The first-order chi connectivity index (χ1) is 10.7. The Morgan fingerprint density at radius 1 is 1.05 bits per heavy atom. The molecule has 114 valence electrons. The quantitative estimate of drug-likeness (QED) is 0.861. The molecule has 0 saturated carbocycles. The minimum atomic E-state index is -0.291. The maximum Gasteiger partial charge on any atom is 0.173 e. The maximum absolute atomic E-state index is 13.6. The number of piperazine rings is 1. The SMILES string of the molecule is Fc1ccccc1NC(=S)N1CCN(c2ccncc2)CC1. The number of rotatable bonds is 2. The van der Waals surface area contributed by atoms with Crippen LogP contribution < -0.4 is 10.2 Å². The van der Waals surface area contributed by atoms with Crippen molar-refractivity contribution in [2.45, 2.75) is 0 Å². The molecule has 1 aromatic heterocycles. The minimum absolute atomic E-state index is 0.291. The lowest BCUT2D eigenvalue weighted by molar-refractivity contribution is 0.390. The second-order valence-corrected chi connectivity index (χ2v) is 5.48. The minimum Gasteiger partial charge on any atom is -0.368 e. The van der Waals surface area contributed by atoms with Crippen molar-refractivity contribution in [2.24, 2.45) is 0 Å². The third-order valence-electron chi connectivity index (χ3n) is 3.71. The zero-order valence-corrected chi connectivity index (χ0v) is 12.9. The number of halogens is 1. The first kappa shape index (κ1) is 14.7. The number of para-hydroxylation sites is 1. The van der Waals surface area contributed by atoms with Gasteiger partial charge in [0.1, 0.15) is 5.82 Å². The highest BCUT2D eigenvalue weighted by Gasteiger charge is 2.19. The van der Waals surface area contributed by atoms with Crippen LogP contribution >= 0.6 is 12.2 Å². The molecule has 0 radical (unpaired) electrons. The summed E-state index contributed by atoms with van der Waals surface area (Å²) in [6.07, 6.45) is 3.60. The van der Waals surface area contributed by atoms with Gasteiger partial charge in [-0.1, -0.05) is 12.1 Å². The van der Waals surface area contributed by atoms with Crippen LogP contribution in [0, 0.1) is 5.82 Å². The van der Waals surface area contributed by atoms with E-state index in [0.717, 1.165) is 26.2 Å². The smallest absolute Gasteiger partial charge is 0.173 e. The molecule has 2 aromatic rings. The average Bonchev–Trinajstić information content (AvgIpc) is 2.58. The molecule has 1 aromatic carbocycles. The van der Waals surface area contributed by atoms with E-state index in [1.165, 1.54) is 11.8 Å². The molecule has 1 N–H and O–H groups in total. The van der Waals surface area contributed by atoms with Crippen LogP contribution in [0.3, 0.4) is 0 Å². The Hall–Kier alpha value is -2.21. The number of benzene rings is 1. The highest BCUT2D eigenvalue weighted by atomic mass is 32.1. The lowest BCUT2D eigenvalue weighted by Crippen LogP contribution is -2.50. The van der Waals surface area contributed by atoms with Crippen molar-refractivity contribution in [3.63, 3.8) is 0 Å². The average molecular weight is 316 g/mol. The topological polar surface area (TPSA) is 31.4 Å². The van der Waals surface area contributed by atoms with E-state index in [4.69, 9.17) is 12.2 Å². The van der Waals surface area contributed by atoms with E-state index in [1.807, 2.05) is 12.1 Å². The van der Waals surface area contributed by atoms with Crippen molar-refractivity contribution in [3.05, 3.63) is 54.6 Å². The standard InChI is InChI=1S/C16H17FN4S/c17-14-3-1-2-4-15(14)19-16(22)21-11-9-20(10-12-21)13-5-7-18-8-6-13/h1-8H,9-12H2,(H,19,22). The second kappa shape index (κ2) is 6.70. The van der Waals surface area contributed by atoms with E-state index in [2.05, 4.69) is 20.1 Å². The molecule has 0 unspecified atom stereocenters. The Balaban J connectivity index is 1.57. The molecule has 1 fully saturated rings. The molecule has 0 atom stereocenters. The molecule has 4 nitrogen and oxygen atoms in total. The molecular weight excluding hydrogens is 299 g/mol. The maximum atomic E-state index is 13.6. The van der Waals surface area contributed by atoms with Gasteiger partial charge in [-0.25, -0.2) is 4.39 Å². The summed E-state index contributed by atoms with van der Waals surface area (Å²) in [5, 5.41) is 3.56. The Bertz CT molecular complexity index is 642. The summed E-state index contributed by atoms with van der Waals surface area (Å²) in [6.45, 7) is 3.37. The Morgan fingerprint density at radius 2 is 1.73 bits per heavy atom. The highest BCUT2D eigenvalue weighted by molar-refractivity contribution is 7.80. The molecule has 1 aliphatic heterocycles. The second-order valence-electron chi connectivity index (χ2n) is 5.09. The van der Waals surface area contributed by atoms with E-state index < -0.39 is 0 Å². The number of nitrogens with one attached hydrogen (secondary N) is 1. The molecule has 0 spiro atoms. The van der Waals surface area contributed by atoms with Gasteiger partial charge in [-0.3, -0.25) is 4.98 Å². The Morgan fingerprint density at radius 3 is 2.41 bits per heavy atom. The van der Waals surface area contributed by atoms with Crippen molar-refractivity contribution >= 4 is 28.7 Å². The fraction of sp³-hybridized carbons (Fsp3) is 0.250. The summed E-state index contributed by atoms with van der Waals surface area (Å²) >= 11 is 5.39. The number of aromatic nitrogens is 1. The summed E-state index contributed by atoms with van der Waals surface area (Å²) in [5.74, 6) is -0.291. The number of hydrogen-bond donors (Lipinski definition) is 1. The monoisotopic (exact) mass is 316 g/mol. The third kappa shape index (κ3) is 3.33. The first-order valence-corrected chi connectivity index (χ1v) is 7.60. The summed E-state index contributed by atoms with van der Waals surface area (Å²) in [7, 11) is 0. The number of thiocarbonyl (C=S) groups is 1. The predicted octanol–water partition coefficient (Wildman–Crippen LogP) is 2.74. The van der Waals surface area contributed by atoms with E-state index in [0.29, 0.717) is 10.8 Å². The summed E-state index contributed by atoms with van der Waals surface area (Å²) in [6, 6.07) is 10.6. The van der Waals surface area contributed by atoms with Gasteiger partial charge in [0.25, 0.3) is 0 Å². The predicted molar refractivity (Wildman–Crippen MR) is 90.6 cm³/mol. The molecular formula is C16H17FN4S. The van der Waals surface area contributed by atoms with Crippen LogP contribution in [0.25, 0.3) is 0 Å². The molecule has 3 rings (SSSR count). The summed E-state index contributed by atoms with van der Waals surface area (Å²) in [4.78, 5) is 8.40. The Labute approximate surface area is 134 Å². The van der Waals surface area contributed by atoms with Gasteiger partial charge >= 0.3 is 0 Å². The fourth-order valence-electron chi connectivity index (χ4n) is 2.48. The van der Waals surface area contributed by atoms with Crippen molar-refractivity contribution in [1.82, 2.24) is 9.88 Å². The fourth-order valence-corrected chi connectivity index (χ4v) is 2.77. The van der Waals surface area contributed by atoms with Gasteiger partial charge in [-0.15, -0.1) is 0 Å². The number of nitrogens with zero attached hydrogens (tertiary/aromatic N) is 3. The molecule has 1 aliphatic rings. The summed E-state index contributed by atoms with van der Waals surface area (Å²) < 4.78 is 13.6. The number of hydrogen-bond acceptors (Lipinski definition) is 3. The molecule has 2 heterocycles. The number of pyridine rings is 1. The third-order valence-corrected chi connectivity index (χ3v) is 4.07. The van der Waals surface area contributed by atoms with Crippen LogP contribution in [-0.4, -0.2) is 41.2 Å². The lowest BCUT2D eigenvalue weighted by Gasteiger charge is -2.37. The molecule has 0 amide bonds. The van der Waals surface area contributed by atoms with Crippen molar-refractivity contribution < 1.29 is 4.39 Å². The van der Waals surface area contributed by atoms with Gasteiger partial charge < -0.3 is 15.1 Å². The molecule has 0 aliphatic carbocycles. The van der Waals surface area contributed by atoms with E-state index in [9.17, 15) is 4.39 Å². The van der Waals surface area contributed by atoms with Crippen LogP contribution in [0.4, 0.5) is 15.8 Å². The molecule has 1 saturated heterocycles. The van der Waals surface area contributed by atoms with Gasteiger partial charge in [0, 0.05) is 44.3 Å². The largest absolute Gasteiger partial charge is 0.368 e. The van der Waals surface area contributed by atoms with Crippen molar-refractivity contribution in [1.29, 1.82) is 0 Å². The van der Waals surface area contributed by atoms with Crippen molar-refractivity contribution in [3.8, 4) is 0 Å². The Kier molecular flexibility index (Phi) is 4.48. The van der Waals surface area contributed by atoms with Crippen LogP contribution in [0.2, 0.25) is 0 Å². The zero-order valence-electron chi connectivity index (χ0n) is 12.1. The van der Waals surface area contributed by atoms with Gasteiger partial charge in [0.15, 0.2) is 5.11 Å². The van der Waals surface area contributed by atoms with Gasteiger partial charge in [-0.05, 0) is 36.5 Å². The van der Waals surface area contributed by atoms with Crippen LogP contribution in [0.15, 0.2) is 48.8 Å². The number of anilines is 2. The first-order valence-electron chi connectivity index (χ1n) is 7.19.